The number of rotatable bonds is 5. The molecule has 1 heterocycles. The molecule has 1 saturated heterocycles. The summed E-state index contributed by atoms with van der Waals surface area (Å²) in [5.41, 5.74) is 0.874. The van der Waals surface area contributed by atoms with Crippen LogP contribution in [0.3, 0.4) is 0 Å². The second-order valence-electron chi connectivity index (χ2n) is 5.04. The maximum Gasteiger partial charge on any atom is 0.237 e. The zero-order chi connectivity index (χ0) is 13.5. The molecule has 104 valence electrons. The number of piperidine rings is 1. The molecular weight excluding hydrogens is 256 g/mol. The van der Waals surface area contributed by atoms with E-state index < -0.39 is 0 Å². The summed E-state index contributed by atoms with van der Waals surface area (Å²) in [7, 11) is 0. The van der Waals surface area contributed by atoms with Crippen molar-refractivity contribution in [3.8, 4) is 0 Å². The lowest BCUT2D eigenvalue weighted by Gasteiger charge is -2.23. The summed E-state index contributed by atoms with van der Waals surface area (Å²) in [5.74, 6) is 1.88. The highest BCUT2D eigenvalue weighted by molar-refractivity contribution is 8.00. The number of amides is 1. The van der Waals surface area contributed by atoms with Crippen LogP contribution >= 0.6 is 11.8 Å². The van der Waals surface area contributed by atoms with Gasteiger partial charge in [-0.25, -0.2) is 0 Å². The first-order valence-corrected chi connectivity index (χ1v) is 7.99. The number of anilines is 1. The molecular formula is C15H22N2OS. The van der Waals surface area contributed by atoms with E-state index in [-0.39, 0.29) is 11.2 Å². The number of hydrogen-bond donors (Lipinski definition) is 2. The summed E-state index contributed by atoms with van der Waals surface area (Å²) in [5, 5.41) is 6.37. The fraction of sp³-hybridized carbons (Fsp3) is 0.533. The highest BCUT2D eigenvalue weighted by Gasteiger charge is 2.18. The van der Waals surface area contributed by atoms with Crippen molar-refractivity contribution in [1.82, 2.24) is 5.32 Å². The molecule has 1 aliphatic heterocycles. The average molecular weight is 278 g/mol. The van der Waals surface area contributed by atoms with Gasteiger partial charge in [-0.1, -0.05) is 18.2 Å². The largest absolute Gasteiger partial charge is 0.325 e. The molecule has 0 aromatic heterocycles. The van der Waals surface area contributed by atoms with Gasteiger partial charge in [-0.2, -0.15) is 0 Å². The maximum absolute atomic E-state index is 12.0. The quantitative estimate of drug-likeness (QED) is 0.870. The van der Waals surface area contributed by atoms with Crippen molar-refractivity contribution < 1.29 is 4.79 Å². The van der Waals surface area contributed by atoms with Crippen molar-refractivity contribution in [2.75, 3.05) is 24.2 Å². The van der Waals surface area contributed by atoms with Gasteiger partial charge < -0.3 is 10.6 Å². The number of carbonyl (C=O) groups excluding carboxylic acids is 1. The van der Waals surface area contributed by atoms with Crippen molar-refractivity contribution in [2.24, 2.45) is 5.92 Å². The number of para-hydroxylation sites is 1. The minimum absolute atomic E-state index is 0.00197. The van der Waals surface area contributed by atoms with Crippen LogP contribution in [-0.4, -0.2) is 30.0 Å². The van der Waals surface area contributed by atoms with E-state index in [4.69, 9.17) is 0 Å². The summed E-state index contributed by atoms with van der Waals surface area (Å²) in [4.78, 5) is 12.0. The number of hydrogen-bond acceptors (Lipinski definition) is 3. The van der Waals surface area contributed by atoms with Gasteiger partial charge in [0.1, 0.15) is 0 Å². The van der Waals surface area contributed by atoms with E-state index in [1.165, 1.54) is 12.8 Å². The smallest absolute Gasteiger partial charge is 0.237 e. The van der Waals surface area contributed by atoms with Crippen LogP contribution in [0.1, 0.15) is 19.8 Å². The Morgan fingerprint density at radius 1 is 1.47 bits per heavy atom. The fourth-order valence-corrected chi connectivity index (χ4v) is 3.24. The van der Waals surface area contributed by atoms with Gasteiger partial charge in [0.25, 0.3) is 0 Å². The SMILES string of the molecule is CC(SCC1CCCNC1)C(=O)Nc1ccccc1. The standard InChI is InChI=1S/C15H22N2OS/c1-12(19-11-13-6-5-9-16-10-13)15(18)17-14-7-3-2-4-8-14/h2-4,7-8,12-13,16H,5-6,9-11H2,1H3,(H,17,18). The predicted octanol–water partition coefficient (Wildman–Crippen LogP) is 2.75. The Morgan fingerprint density at radius 2 is 2.26 bits per heavy atom. The molecule has 0 saturated carbocycles. The van der Waals surface area contributed by atoms with E-state index in [0.29, 0.717) is 5.92 Å². The van der Waals surface area contributed by atoms with Crippen LogP contribution in [0.25, 0.3) is 0 Å². The Kier molecular flexibility index (Phi) is 5.73. The predicted molar refractivity (Wildman–Crippen MR) is 82.6 cm³/mol. The summed E-state index contributed by atoms with van der Waals surface area (Å²) in [6, 6.07) is 9.65. The van der Waals surface area contributed by atoms with Crippen molar-refractivity contribution in [3.63, 3.8) is 0 Å². The van der Waals surface area contributed by atoms with Gasteiger partial charge >= 0.3 is 0 Å². The second-order valence-corrected chi connectivity index (χ2v) is 6.42. The van der Waals surface area contributed by atoms with Crippen molar-refractivity contribution in [1.29, 1.82) is 0 Å². The summed E-state index contributed by atoms with van der Waals surface area (Å²) in [6.07, 6.45) is 2.54. The topological polar surface area (TPSA) is 41.1 Å². The summed E-state index contributed by atoms with van der Waals surface area (Å²) >= 11 is 1.76. The Morgan fingerprint density at radius 3 is 2.95 bits per heavy atom. The number of nitrogens with one attached hydrogen (secondary N) is 2. The third-order valence-electron chi connectivity index (χ3n) is 3.39. The highest BCUT2D eigenvalue weighted by Crippen LogP contribution is 2.21. The van der Waals surface area contributed by atoms with Crippen molar-refractivity contribution in [3.05, 3.63) is 30.3 Å². The van der Waals surface area contributed by atoms with E-state index in [9.17, 15) is 4.79 Å². The number of carbonyl (C=O) groups is 1. The van der Waals surface area contributed by atoms with E-state index in [1.54, 1.807) is 11.8 Å². The first-order chi connectivity index (χ1) is 9.25. The Bertz CT molecular complexity index is 390. The Hall–Kier alpha value is -1.00. The summed E-state index contributed by atoms with van der Waals surface area (Å²) in [6.45, 7) is 4.23. The van der Waals surface area contributed by atoms with Crippen LogP contribution < -0.4 is 10.6 Å². The molecule has 1 aromatic carbocycles. The molecule has 2 atom stereocenters. The van der Waals surface area contributed by atoms with Crippen LogP contribution in [-0.2, 0) is 4.79 Å². The molecule has 0 radical (unpaired) electrons. The van der Waals surface area contributed by atoms with Gasteiger partial charge in [0, 0.05) is 5.69 Å². The average Bonchev–Trinajstić information content (AvgIpc) is 2.47. The molecule has 0 aliphatic carbocycles. The van der Waals surface area contributed by atoms with Crippen LogP contribution in [0.15, 0.2) is 30.3 Å². The molecule has 1 fully saturated rings. The molecule has 1 aliphatic rings. The van der Waals surface area contributed by atoms with Crippen LogP contribution in [0.2, 0.25) is 0 Å². The van der Waals surface area contributed by atoms with Gasteiger partial charge in [-0.3, -0.25) is 4.79 Å². The lowest BCUT2D eigenvalue weighted by Crippen LogP contribution is -2.32. The lowest BCUT2D eigenvalue weighted by atomic mass is 10.0. The Balaban J connectivity index is 1.73. The zero-order valence-corrected chi connectivity index (χ0v) is 12.2. The van der Waals surface area contributed by atoms with Crippen LogP contribution in [0, 0.1) is 5.92 Å². The fourth-order valence-electron chi connectivity index (χ4n) is 2.19. The Labute approximate surface area is 119 Å². The molecule has 0 spiro atoms. The van der Waals surface area contributed by atoms with Crippen molar-refractivity contribution in [2.45, 2.75) is 25.0 Å². The third kappa shape index (κ3) is 4.88. The van der Waals surface area contributed by atoms with Gasteiger partial charge in [0.2, 0.25) is 5.91 Å². The molecule has 2 unspecified atom stereocenters. The normalized spacial score (nSPS) is 20.8. The number of thioether (sulfide) groups is 1. The van der Waals surface area contributed by atoms with E-state index in [2.05, 4.69) is 10.6 Å². The molecule has 4 heteroatoms. The molecule has 1 amide bonds. The monoisotopic (exact) mass is 278 g/mol. The van der Waals surface area contributed by atoms with Gasteiger partial charge in [-0.15, -0.1) is 11.8 Å². The van der Waals surface area contributed by atoms with E-state index in [1.807, 2.05) is 37.3 Å². The first-order valence-electron chi connectivity index (χ1n) is 6.94. The lowest BCUT2D eigenvalue weighted by molar-refractivity contribution is -0.115. The van der Waals surface area contributed by atoms with E-state index >= 15 is 0 Å². The van der Waals surface area contributed by atoms with Gasteiger partial charge in [0.15, 0.2) is 0 Å². The zero-order valence-electron chi connectivity index (χ0n) is 11.4. The minimum Gasteiger partial charge on any atom is -0.325 e. The highest BCUT2D eigenvalue weighted by atomic mass is 32.2. The maximum atomic E-state index is 12.0. The molecule has 19 heavy (non-hydrogen) atoms. The van der Waals surface area contributed by atoms with Crippen molar-refractivity contribution >= 4 is 23.4 Å². The molecule has 0 bridgehead atoms. The van der Waals surface area contributed by atoms with E-state index in [0.717, 1.165) is 24.5 Å². The van der Waals surface area contributed by atoms with Gasteiger partial charge in [0.05, 0.1) is 5.25 Å². The van der Waals surface area contributed by atoms with Crippen LogP contribution in [0.4, 0.5) is 5.69 Å². The third-order valence-corrected chi connectivity index (χ3v) is 4.77. The second kappa shape index (κ2) is 7.56. The summed E-state index contributed by atoms with van der Waals surface area (Å²) < 4.78 is 0. The van der Waals surface area contributed by atoms with Gasteiger partial charge in [-0.05, 0) is 56.7 Å². The number of benzene rings is 1. The minimum atomic E-state index is 0.00197. The van der Waals surface area contributed by atoms with Crippen LogP contribution in [0.5, 0.6) is 0 Å². The molecule has 3 nitrogen and oxygen atoms in total. The molecule has 2 N–H and O–H groups in total. The molecule has 1 aromatic rings. The first kappa shape index (κ1) is 14.4. The molecule has 2 rings (SSSR count).